The zero-order chi connectivity index (χ0) is 16.3. The van der Waals surface area contributed by atoms with Crippen molar-refractivity contribution < 1.29 is 8.42 Å². The van der Waals surface area contributed by atoms with Crippen LogP contribution in [0.1, 0.15) is 32.1 Å². The molecule has 24 heavy (non-hydrogen) atoms. The molecular formula is C20H23NO2S. The van der Waals surface area contributed by atoms with Crippen molar-refractivity contribution in [2.75, 3.05) is 0 Å². The van der Waals surface area contributed by atoms with Crippen molar-refractivity contribution in [2.24, 2.45) is 23.7 Å². The van der Waals surface area contributed by atoms with Crippen LogP contribution in [-0.2, 0) is 10.0 Å². The molecule has 4 fully saturated rings. The minimum atomic E-state index is -3.45. The summed E-state index contributed by atoms with van der Waals surface area (Å²) in [4.78, 5) is 0.398. The fourth-order valence-corrected chi connectivity index (χ4v) is 7.11. The Labute approximate surface area is 143 Å². The van der Waals surface area contributed by atoms with E-state index >= 15 is 0 Å². The predicted molar refractivity (Wildman–Crippen MR) is 95.1 cm³/mol. The smallest absolute Gasteiger partial charge is 0.208 e. The van der Waals surface area contributed by atoms with Gasteiger partial charge >= 0.3 is 0 Å². The normalized spacial score (nSPS) is 34.8. The molecule has 0 unspecified atom stereocenters. The van der Waals surface area contributed by atoms with Crippen LogP contribution < -0.4 is 4.72 Å². The largest absolute Gasteiger partial charge is 0.240 e. The lowest BCUT2D eigenvalue weighted by Gasteiger charge is -2.54. The average molecular weight is 341 g/mol. The molecule has 2 aromatic carbocycles. The van der Waals surface area contributed by atoms with E-state index in [1.54, 1.807) is 12.1 Å². The molecule has 4 bridgehead atoms. The maximum atomic E-state index is 13.0. The second kappa shape index (κ2) is 5.30. The molecule has 0 saturated heterocycles. The second-order valence-corrected chi connectivity index (χ2v) is 9.80. The van der Waals surface area contributed by atoms with Gasteiger partial charge in [0, 0.05) is 6.04 Å². The first-order valence-corrected chi connectivity index (χ1v) is 10.6. The molecule has 1 N–H and O–H groups in total. The SMILES string of the molecule is O=S(=O)(NC1C2CC3CC(C2)CC1C3)c1ccc2ccccc2c1. The third-order valence-corrected chi connectivity index (χ3v) is 8.01. The Balaban J connectivity index is 1.45. The fourth-order valence-electron chi connectivity index (χ4n) is 5.70. The molecule has 0 aromatic heterocycles. The van der Waals surface area contributed by atoms with Gasteiger partial charge in [-0.15, -0.1) is 0 Å². The van der Waals surface area contributed by atoms with Gasteiger partial charge in [-0.3, -0.25) is 0 Å². The van der Waals surface area contributed by atoms with Gasteiger partial charge in [0.1, 0.15) is 0 Å². The van der Waals surface area contributed by atoms with Crippen molar-refractivity contribution in [3.63, 3.8) is 0 Å². The van der Waals surface area contributed by atoms with Crippen LogP contribution in [0.15, 0.2) is 47.4 Å². The highest BCUT2D eigenvalue weighted by Crippen LogP contribution is 2.53. The topological polar surface area (TPSA) is 46.2 Å². The Hall–Kier alpha value is -1.39. The first-order chi connectivity index (χ1) is 11.6. The number of rotatable bonds is 3. The lowest BCUT2D eigenvalue weighted by Crippen LogP contribution is -2.55. The van der Waals surface area contributed by atoms with Gasteiger partial charge in [-0.25, -0.2) is 13.1 Å². The third kappa shape index (κ3) is 2.39. The van der Waals surface area contributed by atoms with Gasteiger partial charge in [0.05, 0.1) is 4.90 Å². The molecule has 4 saturated carbocycles. The summed E-state index contributed by atoms with van der Waals surface area (Å²) in [6.07, 6.45) is 6.27. The average Bonchev–Trinajstić information content (AvgIpc) is 2.57. The molecule has 0 aliphatic heterocycles. The summed E-state index contributed by atoms with van der Waals surface area (Å²) in [7, 11) is -3.45. The molecule has 0 heterocycles. The van der Waals surface area contributed by atoms with Crippen molar-refractivity contribution in [1.82, 2.24) is 4.72 Å². The number of benzene rings is 2. The number of nitrogens with one attached hydrogen (secondary N) is 1. The van der Waals surface area contributed by atoms with E-state index < -0.39 is 10.0 Å². The van der Waals surface area contributed by atoms with Gasteiger partial charge in [0.15, 0.2) is 0 Å². The van der Waals surface area contributed by atoms with E-state index in [9.17, 15) is 8.42 Å². The molecule has 4 heteroatoms. The second-order valence-electron chi connectivity index (χ2n) is 8.09. The van der Waals surface area contributed by atoms with Crippen LogP contribution in [-0.4, -0.2) is 14.5 Å². The van der Waals surface area contributed by atoms with Gasteiger partial charge in [0.2, 0.25) is 10.0 Å². The molecule has 3 nitrogen and oxygen atoms in total. The van der Waals surface area contributed by atoms with Gasteiger partial charge in [-0.2, -0.15) is 0 Å². The van der Waals surface area contributed by atoms with Gasteiger partial charge in [-0.1, -0.05) is 30.3 Å². The number of hydrogen-bond donors (Lipinski definition) is 1. The quantitative estimate of drug-likeness (QED) is 0.919. The van der Waals surface area contributed by atoms with E-state index in [2.05, 4.69) is 4.72 Å². The lowest BCUT2D eigenvalue weighted by atomic mass is 9.54. The summed E-state index contributed by atoms with van der Waals surface area (Å²) in [6.45, 7) is 0. The standard InChI is InChI=1S/C20H23NO2S/c22-24(23,19-6-5-15-3-1-2-4-16(15)12-19)21-20-17-8-13-7-14(10-17)11-18(20)9-13/h1-6,12-14,17-18,20-21H,7-11H2. The van der Waals surface area contributed by atoms with E-state index in [1.165, 1.54) is 32.1 Å². The Bertz CT molecular complexity index is 861. The van der Waals surface area contributed by atoms with Crippen molar-refractivity contribution in [1.29, 1.82) is 0 Å². The van der Waals surface area contributed by atoms with Gasteiger partial charge in [0.25, 0.3) is 0 Å². The molecular weight excluding hydrogens is 318 g/mol. The number of sulfonamides is 1. The first kappa shape index (κ1) is 14.9. The Kier molecular flexibility index (Phi) is 3.29. The van der Waals surface area contributed by atoms with E-state index in [1.807, 2.05) is 30.3 Å². The minimum Gasteiger partial charge on any atom is -0.208 e. The van der Waals surface area contributed by atoms with Crippen LogP contribution in [0.3, 0.4) is 0 Å². The molecule has 2 aromatic rings. The number of hydrogen-bond acceptors (Lipinski definition) is 2. The van der Waals surface area contributed by atoms with Crippen LogP contribution in [0, 0.1) is 23.7 Å². The molecule has 0 spiro atoms. The monoisotopic (exact) mass is 341 g/mol. The summed E-state index contributed by atoms with van der Waals surface area (Å²) < 4.78 is 29.0. The van der Waals surface area contributed by atoms with Crippen LogP contribution >= 0.6 is 0 Å². The Morgan fingerprint density at radius 2 is 1.42 bits per heavy atom. The minimum absolute atomic E-state index is 0.147. The molecule has 6 rings (SSSR count). The van der Waals surface area contributed by atoms with E-state index in [-0.39, 0.29) is 6.04 Å². The highest BCUT2D eigenvalue weighted by molar-refractivity contribution is 7.89. The predicted octanol–water partition coefficient (Wildman–Crippen LogP) is 3.94. The van der Waals surface area contributed by atoms with Crippen molar-refractivity contribution in [3.8, 4) is 0 Å². The summed E-state index contributed by atoms with van der Waals surface area (Å²) >= 11 is 0. The maximum Gasteiger partial charge on any atom is 0.240 e. The molecule has 126 valence electrons. The lowest BCUT2D eigenvalue weighted by molar-refractivity contribution is -0.00557. The number of fused-ring (bicyclic) bond motifs is 1. The van der Waals surface area contributed by atoms with Crippen LogP contribution in [0.2, 0.25) is 0 Å². The highest BCUT2D eigenvalue weighted by atomic mass is 32.2. The zero-order valence-corrected chi connectivity index (χ0v) is 14.5. The Morgan fingerprint density at radius 1 is 0.792 bits per heavy atom. The zero-order valence-electron chi connectivity index (χ0n) is 13.7. The van der Waals surface area contributed by atoms with Crippen LogP contribution in [0.25, 0.3) is 10.8 Å². The molecule has 4 aliphatic carbocycles. The summed E-state index contributed by atoms with van der Waals surface area (Å²) in [5.41, 5.74) is 0. The highest BCUT2D eigenvalue weighted by Gasteiger charge is 2.49. The van der Waals surface area contributed by atoms with E-state index in [0.29, 0.717) is 16.7 Å². The summed E-state index contributed by atoms with van der Waals surface area (Å²) in [5.74, 6) is 2.82. The Morgan fingerprint density at radius 3 is 2.08 bits per heavy atom. The molecule has 0 amide bonds. The fraction of sp³-hybridized carbons (Fsp3) is 0.500. The van der Waals surface area contributed by atoms with Crippen LogP contribution in [0.4, 0.5) is 0 Å². The van der Waals surface area contributed by atoms with Gasteiger partial charge < -0.3 is 0 Å². The van der Waals surface area contributed by atoms with Gasteiger partial charge in [-0.05, 0) is 78.7 Å². The van der Waals surface area contributed by atoms with E-state index in [4.69, 9.17) is 0 Å². The third-order valence-electron chi connectivity index (χ3n) is 6.55. The molecule has 0 atom stereocenters. The molecule has 4 aliphatic rings. The van der Waals surface area contributed by atoms with Crippen molar-refractivity contribution in [2.45, 2.75) is 43.0 Å². The summed E-state index contributed by atoms with van der Waals surface area (Å²) in [6, 6.07) is 13.5. The van der Waals surface area contributed by atoms with Crippen molar-refractivity contribution >= 4 is 20.8 Å². The summed E-state index contributed by atoms with van der Waals surface area (Å²) in [5, 5.41) is 2.05. The van der Waals surface area contributed by atoms with Crippen molar-refractivity contribution in [3.05, 3.63) is 42.5 Å². The maximum absolute atomic E-state index is 13.0. The first-order valence-electron chi connectivity index (χ1n) is 9.09. The van der Waals surface area contributed by atoms with Crippen LogP contribution in [0.5, 0.6) is 0 Å². The molecule has 0 radical (unpaired) electrons. The van der Waals surface area contributed by atoms with E-state index in [0.717, 1.165) is 22.6 Å².